The summed E-state index contributed by atoms with van der Waals surface area (Å²) in [6.07, 6.45) is 0. The van der Waals surface area contributed by atoms with Crippen LogP contribution in [0.3, 0.4) is 0 Å². The number of nitrogens with zero attached hydrogens (tertiary/aromatic N) is 2. The van der Waals surface area contributed by atoms with Gasteiger partial charge in [0, 0.05) is 33.5 Å². The van der Waals surface area contributed by atoms with Crippen molar-refractivity contribution >= 4 is 38.9 Å². The summed E-state index contributed by atoms with van der Waals surface area (Å²) in [5.74, 6) is 0. The number of aromatic nitrogens is 1. The lowest BCUT2D eigenvalue weighted by Crippen LogP contribution is -2.10. The first-order valence-electron chi connectivity index (χ1n) is 25.4. The van der Waals surface area contributed by atoms with Crippen LogP contribution < -0.4 is 4.90 Å². The molecule has 2 heteroatoms. The van der Waals surface area contributed by atoms with E-state index in [4.69, 9.17) is 0 Å². The Morgan fingerprint density at radius 2 is 0.581 bits per heavy atom. The molecule has 348 valence electrons. The maximum absolute atomic E-state index is 2.39. The van der Waals surface area contributed by atoms with E-state index in [-0.39, 0.29) is 0 Å². The van der Waals surface area contributed by atoms with E-state index in [1.165, 1.54) is 83.0 Å². The zero-order valence-corrected chi connectivity index (χ0v) is 40.8. The Bertz CT molecular complexity index is 4010. The molecule has 2 nitrogen and oxygen atoms in total. The van der Waals surface area contributed by atoms with E-state index in [9.17, 15) is 0 Å². The third kappa shape index (κ3) is 8.55. The fourth-order valence-electron chi connectivity index (χ4n) is 10.7. The third-order valence-corrected chi connectivity index (χ3v) is 14.4. The summed E-state index contributed by atoms with van der Waals surface area (Å²) in [5.41, 5.74) is 23.4. The van der Waals surface area contributed by atoms with Gasteiger partial charge in [-0.1, -0.05) is 218 Å². The van der Waals surface area contributed by atoms with Crippen LogP contribution in [-0.4, -0.2) is 4.57 Å². The maximum atomic E-state index is 2.39. The highest BCUT2D eigenvalue weighted by Crippen LogP contribution is 2.42. The standard InChI is InChI=1S/C72H50N2/c1-5-18-51(19-6-1)54-34-36-55(37-35-54)56-38-42-65(43-39-56)73(66-44-40-57(41-45-66)63-48-61(52-20-7-2-8-21-52)47-62(49-63)53-22-9-3-10-23-53)67-29-16-25-59(50-67)58-24-15-26-60(46-58)68-31-17-33-71-72(68)69-30-13-14-32-70(69)74(71)64-27-11-4-12-28-64/h1-50H. The van der Waals surface area contributed by atoms with Gasteiger partial charge in [0.25, 0.3) is 0 Å². The van der Waals surface area contributed by atoms with Crippen molar-refractivity contribution in [3.63, 3.8) is 0 Å². The van der Waals surface area contributed by atoms with Crippen molar-refractivity contribution in [2.75, 3.05) is 4.90 Å². The van der Waals surface area contributed by atoms with Gasteiger partial charge in [0.05, 0.1) is 11.0 Å². The summed E-state index contributed by atoms with van der Waals surface area (Å²) in [7, 11) is 0. The van der Waals surface area contributed by atoms with Crippen LogP contribution in [0.1, 0.15) is 0 Å². The Balaban J connectivity index is 0.892. The lowest BCUT2D eigenvalue weighted by Gasteiger charge is -2.26. The van der Waals surface area contributed by atoms with Gasteiger partial charge in [-0.05, 0) is 163 Å². The molecule has 0 fully saturated rings. The van der Waals surface area contributed by atoms with E-state index in [0.29, 0.717) is 0 Å². The molecule has 13 rings (SSSR count). The minimum atomic E-state index is 1.07. The van der Waals surface area contributed by atoms with E-state index in [2.05, 4.69) is 313 Å². The fourth-order valence-corrected chi connectivity index (χ4v) is 10.7. The monoisotopic (exact) mass is 942 g/mol. The summed E-state index contributed by atoms with van der Waals surface area (Å²) >= 11 is 0. The minimum absolute atomic E-state index is 1.07. The largest absolute Gasteiger partial charge is 0.310 e. The number of hydrogen-bond acceptors (Lipinski definition) is 1. The second-order valence-corrected chi connectivity index (χ2v) is 18.9. The zero-order chi connectivity index (χ0) is 49.2. The van der Waals surface area contributed by atoms with E-state index < -0.39 is 0 Å². The normalized spacial score (nSPS) is 11.2. The van der Waals surface area contributed by atoms with Gasteiger partial charge in [-0.15, -0.1) is 0 Å². The molecule has 0 spiro atoms. The molecule has 0 aliphatic carbocycles. The maximum Gasteiger partial charge on any atom is 0.0547 e. The Morgan fingerprint density at radius 1 is 0.216 bits per heavy atom. The van der Waals surface area contributed by atoms with Gasteiger partial charge in [0.2, 0.25) is 0 Å². The molecule has 1 aromatic heterocycles. The first kappa shape index (κ1) is 44.2. The number of hydrogen-bond donors (Lipinski definition) is 0. The summed E-state index contributed by atoms with van der Waals surface area (Å²) in [4.78, 5) is 2.38. The molecule has 1 heterocycles. The molecule has 0 bridgehead atoms. The molecule has 13 aromatic rings. The van der Waals surface area contributed by atoms with Crippen LogP contribution in [0.4, 0.5) is 17.1 Å². The highest BCUT2D eigenvalue weighted by Gasteiger charge is 2.18. The predicted molar refractivity (Wildman–Crippen MR) is 314 cm³/mol. The SMILES string of the molecule is c1ccc(-c2ccc(-c3ccc(N(c4ccc(-c5cc(-c6ccccc6)cc(-c6ccccc6)c5)cc4)c4cccc(-c5cccc(-c6cccc7c6c6ccccc6n7-c6ccccc6)c5)c4)cc3)cc2)cc1. The molecule has 74 heavy (non-hydrogen) atoms. The van der Waals surface area contributed by atoms with Crippen LogP contribution in [0.25, 0.3) is 105 Å². The van der Waals surface area contributed by atoms with Crippen molar-refractivity contribution in [2.45, 2.75) is 0 Å². The van der Waals surface area contributed by atoms with Crippen molar-refractivity contribution in [1.29, 1.82) is 0 Å². The van der Waals surface area contributed by atoms with Crippen LogP contribution in [0.2, 0.25) is 0 Å². The molecule has 0 radical (unpaired) electrons. The number of para-hydroxylation sites is 2. The Labute approximate surface area is 433 Å². The quantitative estimate of drug-likeness (QED) is 0.125. The predicted octanol–water partition coefficient (Wildman–Crippen LogP) is 19.9. The topological polar surface area (TPSA) is 8.17 Å². The van der Waals surface area contributed by atoms with Crippen molar-refractivity contribution < 1.29 is 0 Å². The van der Waals surface area contributed by atoms with Crippen LogP contribution in [0.15, 0.2) is 303 Å². The highest BCUT2D eigenvalue weighted by atomic mass is 15.1. The number of fused-ring (bicyclic) bond motifs is 3. The average Bonchev–Trinajstić information content (AvgIpc) is 3.86. The lowest BCUT2D eigenvalue weighted by atomic mass is 9.93. The van der Waals surface area contributed by atoms with Gasteiger partial charge < -0.3 is 9.47 Å². The van der Waals surface area contributed by atoms with Crippen LogP contribution in [0.5, 0.6) is 0 Å². The summed E-state index contributed by atoms with van der Waals surface area (Å²) in [6, 6.07) is 110. The smallest absolute Gasteiger partial charge is 0.0547 e. The number of benzene rings is 12. The van der Waals surface area contributed by atoms with Gasteiger partial charge in [0.15, 0.2) is 0 Å². The van der Waals surface area contributed by atoms with E-state index in [0.717, 1.165) is 39.4 Å². The van der Waals surface area contributed by atoms with Gasteiger partial charge in [-0.25, -0.2) is 0 Å². The van der Waals surface area contributed by atoms with E-state index in [1.807, 2.05) is 0 Å². The van der Waals surface area contributed by atoms with Gasteiger partial charge >= 0.3 is 0 Å². The summed E-state index contributed by atoms with van der Waals surface area (Å²) < 4.78 is 2.39. The van der Waals surface area contributed by atoms with Gasteiger partial charge in [-0.2, -0.15) is 0 Å². The second-order valence-electron chi connectivity index (χ2n) is 18.9. The minimum Gasteiger partial charge on any atom is -0.310 e. The first-order valence-corrected chi connectivity index (χ1v) is 25.4. The zero-order valence-electron chi connectivity index (χ0n) is 40.8. The fraction of sp³-hybridized carbons (Fsp3) is 0. The molecule has 12 aromatic carbocycles. The Hall–Kier alpha value is -9.76. The van der Waals surface area contributed by atoms with Crippen LogP contribution >= 0.6 is 0 Å². The number of rotatable bonds is 11. The molecule has 0 atom stereocenters. The first-order chi connectivity index (χ1) is 36.7. The molecule has 0 N–H and O–H groups in total. The van der Waals surface area contributed by atoms with E-state index in [1.54, 1.807) is 0 Å². The Morgan fingerprint density at radius 3 is 1.14 bits per heavy atom. The average molecular weight is 943 g/mol. The van der Waals surface area contributed by atoms with E-state index >= 15 is 0 Å². The molecule has 0 aliphatic rings. The highest BCUT2D eigenvalue weighted by molar-refractivity contribution is 6.16. The molecule has 0 amide bonds. The molecule has 0 aliphatic heterocycles. The number of anilines is 3. The van der Waals surface area contributed by atoms with Gasteiger partial charge in [0.1, 0.15) is 0 Å². The summed E-state index contributed by atoms with van der Waals surface area (Å²) in [5, 5.41) is 2.50. The van der Waals surface area contributed by atoms with Crippen molar-refractivity contribution in [1.82, 2.24) is 4.57 Å². The van der Waals surface area contributed by atoms with Crippen molar-refractivity contribution in [3.8, 4) is 83.6 Å². The van der Waals surface area contributed by atoms with Crippen LogP contribution in [-0.2, 0) is 0 Å². The molecule has 0 saturated heterocycles. The molecule has 0 unspecified atom stereocenters. The lowest BCUT2D eigenvalue weighted by molar-refractivity contribution is 1.18. The van der Waals surface area contributed by atoms with Crippen molar-refractivity contribution in [2.24, 2.45) is 0 Å². The Kier molecular flexibility index (Phi) is 11.6. The third-order valence-electron chi connectivity index (χ3n) is 14.4. The molecule has 0 saturated carbocycles. The summed E-state index contributed by atoms with van der Waals surface area (Å²) in [6.45, 7) is 0. The molecular weight excluding hydrogens is 893 g/mol. The second kappa shape index (κ2) is 19.4. The van der Waals surface area contributed by atoms with Crippen LogP contribution in [0, 0.1) is 0 Å². The molecular formula is C72H50N2. The van der Waals surface area contributed by atoms with Gasteiger partial charge in [-0.3, -0.25) is 0 Å². The van der Waals surface area contributed by atoms with Crippen molar-refractivity contribution in [3.05, 3.63) is 303 Å².